The number of hydrazone groups is 2. The lowest BCUT2D eigenvalue weighted by Crippen LogP contribution is -2.21. The molecule has 0 aliphatic rings. The van der Waals surface area contributed by atoms with Crippen molar-refractivity contribution in [3.8, 4) is 0 Å². The Morgan fingerprint density at radius 1 is 0.903 bits per heavy atom. The van der Waals surface area contributed by atoms with E-state index in [1.54, 1.807) is 26.0 Å². The SMILES string of the molecule is Cc1[nH]c(C(=O)NN=Cc2cc(Br)c(Br)o2)c(C)c1C(=O)NN=Cc1cc(Br)c(Br)o1. The van der Waals surface area contributed by atoms with Gasteiger partial charge in [0.15, 0.2) is 9.34 Å². The largest absolute Gasteiger partial charge is 0.447 e. The summed E-state index contributed by atoms with van der Waals surface area (Å²) in [7, 11) is 0. The Morgan fingerprint density at radius 3 is 1.84 bits per heavy atom. The number of halogens is 4. The zero-order valence-electron chi connectivity index (χ0n) is 15.8. The van der Waals surface area contributed by atoms with E-state index in [0.717, 1.165) is 8.95 Å². The second-order valence-corrected chi connectivity index (χ2v) is 9.21. The van der Waals surface area contributed by atoms with Crippen molar-refractivity contribution in [3.63, 3.8) is 0 Å². The number of aromatic amines is 1. The van der Waals surface area contributed by atoms with Crippen LogP contribution in [-0.2, 0) is 0 Å². The molecule has 0 spiro atoms. The molecule has 13 heteroatoms. The third kappa shape index (κ3) is 5.64. The van der Waals surface area contributed by atoms with E-state index in [9.17, 15) is 9.59 Å². The number of nitrogens with one attached hydrogen (secondary N) is 3. The van der Waals surface area contributed by atoms with Gasteiger partial charge >= 0.3 is 0 Å². The van der Waals surface area contributed by atoms with Gasteiger partial charge in [0.1, 0.15) is 17.2 Å². The summed E-state index contributed by atoms with van der Waals surface area (Å²) in [5.74, 6) is -0.100. The minimum atomic E-state index is -0.505. The monoisotopic (exact) mass is 679 g/mol. The first-order valence-corrected chi connectivity index (χ1v) is 11.6. The van der Waals surface area contributed by atoms with Crippen LogP contribution in [0.3, 0.4) is 0 Å². The fraction of sp³-hybridized carbons (Fsp3) is 0.111. The highest BCUT2D eigenvalue weighted by atomic mass is 79.9. The normalized spacial score (nSPS) is 11.5. The number of nitrogens with zero attached hydrogens (tertiary/aromatic N) is 2. The van der Waals surface area contributed by atoms with Crippen LogP contribution in [0.15, 0.2) is 49.5 Å². The van der Waals surface area contributed by atoms with Crippen molar-refractivity contribution >= 4 is 88.0 Å². The maximum absolute atomic E-state index is 12.5. The summed E-state index contributed by atoms with van der Waals surface area (Å²) in [6, 6.07) is 3.38. The molecule has 3 N–H and O–H groups in total. The van der Waals surface area contributed by atoms with Crippen molar-refractivity contribution < 1.29 is 18.4 Å². The van der Waals surface area contributed by atoms with Gasteiger partial charge in [-0.2, -0.15) is 10.2 Å². The Morgan fingerprint density at radius 2 is 1.39 bits per heavy atom. The minimum Gasteiger partial charge on any atom is -0.447 e. The smallest absolute Gasteiger partial charge is 0.288 e. The molecule has 0 saturated carbocycles. The molecule has 0 fully saturated rings. The predicted molar refractivity (Wildman–Crippen MR) is 129 cm³/mol. The quantitative estimate of drug-likeness (QED) is 0.238. The molecular weight excluding hydrogens is 670 g/mol. The van der Waals surface area contributed by atoms with Crippen LogP contribution in [0.25, 0.3) is 0 Å². The van der Waals surface area contributed by atoms with Crippen molar-refractivity contribution in [1.29, 1.82) is 0 Å². The molecule has 3 aromatic rings. The van der Waals surface area contributed by atoms with Gasteiger partial charge in [0.25, 0.3) is 11.8 Å². The number of aromatic nitrogens is 1. The van der Waals surface area contributed by atoms with Crippen molar-refractivity contribution in [2.75, 3.05) is 0 Å². The Kier molecular flexibility index (Phi) is 7.73. The van der Waals surface area contributed by atoms with Gasteiger partial charge < -0.3 is 13.8 Å². The minimum absolute atomic E-state index is 0.212. The van der Waals surface area contributed by atoms with Crippen LogP contribution >= 0.6 is 63.7 Å². The maximum atomic E-state index is 12.5. The standard InChI is InChI=1S/C18H13Br4N5O4/c1-7-13(17(28)26-23-5-9-3-11(19)15(21)30-9)8(2)25-14(7)18(29)27-24-6-10-4-12(20)16(22)31-10/h3-6,25H,1-2H3,(H,26,28)(H,27,29). The average molecular weight is 683 g/mol. The molecule has 2 amide bonds. The van der Waals surface area contributed by atoms with Crippen LogP contribution in [0.1, 0.15) is 43.6 Å². The zero-order chi connectivity index (χ0) is 22.7. The molecule has 0 aliphatic carbocycles. The van der Waals surface area contributed by atoms with Crippen molar-refractivity contribution in [3.05, 3.63) is 64.5 Å². The van der Waals surface area contributed by atoms with Crippen LogP contribution in [0.5, 0.6) is 0 Å². The molecule has 0 aliphatic heterocycles. The van der Waals surface area contributed by atoms with E-state index >= 15 is 0 Å². The number of aryl methyl sites for hydroxylation is 1. The first-order chi connectivity index (χ1) is 14.7. The molecule has 0 saturated heterocycles. The summed E-state index contributed by atoms with van der Waals surface area (Å²) in [4.78, 5) is 27.9. The highest BCUT2D eigenvalue weighted by molar-refractivity contribution is 9.13. The van der Waals surface area contributed by atoms with Crippen molar-refractivity contribution in [2.45, 2.75) is 13.8 Å². The van der Waals surface area contributed by atoms with Gasteiger partial charge in [-0.1, -0.05) is 0 Å². The van der Waals surface area contributed by atoms with Gasteiger partial charge in [0.2, 0.25) is 0 Å². The van der Waals surface area contributed by atoms with E-state index in [2.05, 4.69) is 89.8 Å². The van der Waals surface area contributed by atoms with Crippen LogP contribution in [-0.4, -0.2) is 29.2 Å². The summed E-state index contributed by atoms with van der Waals surface area (Å²) in [5, 5.41) is 7.75. The number of carbonyl (C=O) groups is 2. The van der Waals surface area contributed by atoms with Crippen LogP contribution in [0.4, 0.5) is 0 Å². The van der Waals surface area contributed by atoms with E-state index in [0.29, 0.717) is 37.7 Å². The molecule has 162 valence electrons. The molecule has 0 bridgehead atoms. The molecular formula is C18H13Br4N5O4. The lowest BCUT2D eigenvalue weighted by Gasteiger charge is -2.01. The first-order valence-electron chi connectivity index (χ1n) is 8.43. The molecule has 31 heavy (non-hydrogen) atoms. The lowest BCUT2D eigenvalue weighted by molar-refractivity contribution is 0.0948. The van der Waals surface area contributed by atoms with Crippen LogP contribution in [0.2, 0.25) is 0 Å². The fourth-order valence-corrected chi connectivity index (χ4v) is 3.81. The van der Waals surface area contributed by atoms with Gasteiger partial charge in [-0.25, -0.2) is 10.9 Å². The Labute approximate surface area is 209 Å². The summed E-state index contributed by atoms with van der Waals surface area (Å²) >= 11 is 13.0. The Balaban J connectivity index is 1.67. The number of furan rings is 2. The number of rotatable bonds is 6. The average Bonchev–Trinajstić information content (AvgIpc) is 3.30. The number of hydrogen-bond acceptors (Lipinski definition) is 6. The highest BCUT2D eigenvalue weighted by Crippen LogP contribution is 2.26. The molecule has 3 aromatic heterocycles. The summed E-state index contributed by atoms with van der Waals surface area (Å²) in [6.07, 6.45) is 2.71. The zero-order valence-corrected chi connectivity index (χ0v) is 22.2. The van der Waals surface area contributed by atoms with E-state index < -0.39 is 11.8 Å². The van der Waals surface area contributed by atoms with E-state index in [1.165, 1.54) is 12.4 Å². The van der Waals surface area contributed by atoms with E-state index in [1.807, 2.05) is 0 Å². The lowest BCUT2D eigenvalue weighted by atomic mass is 10.1. The van der Waals surface area contributed by atoms with Gasteiger partial charge in [-0.3, -0.25) is 9.59 Å². The molecule has 0 atom stereocenters. The van der Waals surface area contributed by atoms with Crippen LogP contribution < -0.4 is 10.9 Å². The van der Waals surface area contributed by atoms with E-state index in [-0.39, 0.29) is 5.69 Å². The second kappa shape index (κ2) is 10.1. The van der Waals surface area contributed by atoms with Gasteiger partial charge in [0.05, 0.1) is 26.9 Å². The Hall–Kier alpha value is -1.96. The summed E-state index contributed by atoms with van der Waals surface area (Å²) in [5.41, 5.74) is 6.32. The first kappa shape index (κ1) is 23.7. The second-order valence-electron chi connectivity index (χ2n) is 6.06. The van der Waals surface area contributed by atoms with Crippen molar-refractivity contribution in [2.24, 2.45) is 10.2 Å². The number of amides is 2. The predicted octanol–water partition coefficient (Wildman–Crippen LogP) is 5.40. The summed E-state index contributed by atoms with van der Waals surface area (Å²) < 4.78 is 13.2. The third-order valence-electron chi connectivity index (χ3n) is 3.94. The number of carbonyl (C=O) groups excluding carboxylic acids is 2. The molecule has 0 unspecified atom stereocenters. The van der Waals surface area contributed by atoms with Gasteiger partial charge in [0, 0.05) is 17.8 Å². The maximum Gasteiger partial charge on any atom is 0.288 e. The molecule has 0 aromatic carbocycles. The highest BCUT2D eigenvalue weighted by Gasteiger charge is 2.21. The summed E-state index contributed by atoms with van der Waals surface area (Å²) in [6.45, 7) is 3.34. The van der Waals surface area contributed by atoms with Gasteiger partial charge in [-0.15, -0.1) is 0 Å². The Bertz CT molecular complexity index is 1170. The number of hydrogen-bond donors (Lipinski definition) is 3. The number of H-pyrrole nitrogens is 1. The molecule has 0 radical (unpaired) electrons. The van der Waals surface area contributed by atoms with Crippen LogP contribution in [0, 0.1) is 13.8 Å². The fourth-order valence-electron chi connectivity index (χ4n) is 2.59. The topological polar surface area (TPSA) is 125 Å². The van der Waals surface area contributed by atoms with Crippen molar-refractivity contribution in [1.82, 2.24) is 15.8 Å². The molecule has 3 rings (SSSR count). The third-order valence-corrected chi connectivity index (χ3v) is 7.36. The van der Waals surface area contributed by atoms with E-state index in [4.69, 9.17) is 8.83 Å². The molecule has 9 nitrogen and oxygen atoms in total. The van der Waals surface area contributed by atoms with Gasteiger partial charge in [-0.05, 0) is 83.1 Å². The molecule has 3 heterocycles.